The SMILES string of the molecule is CN(CCOC(=O)NCC1CCCC(CNC(=O)OCCN(C)C(=O)CC2CCCCC2)C1)C(=O)CC1CCCCC1. The summed E-state index contributed by atoms with van der Waals surface area (Å²) in [6.07, 6.45) is 16.3. The van der Waals surface area contributed by atoms with Crippen molar-refractivity contribution in [1.29, 1.82) is 0 Å². The number of hydrogen-bond donors (Lipinski definition) is 2. The lowest BCUT2D eigenvalue weighted by molar-refractivity contribution is -0.132. The van der Waals surface area contributed by atoms with Gasteiger partial charge in [0.2, 0.25) is 11.8 Å². The number of likely N-dealkylation sites (N-methyl/N-ethyl adjacent to an activating group) is 2. The largest absolute Gasteiger partial charge is 0.448 e. The van der Waals surface area contributed by atoms with Gasteiger partial charge in [0, 0.05) is 40.0 Å². The van der Waals surface area contributed by atoms with Crippen LogP contribution in [0.4, 0.5) is 9.59 Å². The van der Waals surface area contributed by atoms with E-state index in [9.17, 15) is 19.2 Å². The Morgan fingerprint density at radius 2 is 0.952 bits per heavy atom. The summed E-state index contributed by atoms with van der Waals surface area (Å²) in [5, 5.41) is 5.74. The van der Waals surface area contributed by atoms with E-state index < -0.39 is 12.2 Å². The van der Waals surface area contributed by atoms with Crippen LogP contribution in [0, 0.1) is 23.7 Å². The minimum absolute atomic E-state index is 0.129. The molecule has 0 spiro atoms. The van der Waals surface area contributed by atoms with E-state index in [0.29, 0.717) is 62.7 Å². The highest BCUT2D eigenvalue weighted by atomic mass is 16.6. The average molecular weight is 593 g/mol. The fraction of sp³-hybridized carbons (Fsp3) is 0.875. The van der Waals surface area contributed by atoms with Crippen LogP contribution in [0.5, 0.6) is 0 Å². The molecular weight excluding hydrogens is 536 g/mol. The molecule has 0 aromatic rings. The Labute approximate surface area is 253 Å². The maximum Gasteiger partial charge on any atom is 0.407 e. The van der Waals surface area contributed by atoms with Crippen molar-refractivity contribution in [2.75, 3.05) is 53.5 Å². The first-order chi connectivity index (χ1) is 20.3. The molecule has 42 heavy (non-hydrogen) atoms. The first kappa shape index (κ1) is 34.0. The van der Waals surface area contributed by atoms with Crippen molar-refractivity contribution in [1.82, 2.24) is 20.4 Å². The summed E-state index contributed by atoms with van der Waals surface area (Å²) in [5.74, 6) is 1.92. The molecule has 2 atom stereocenters. The average Bonchev–Trinajstić information content (AvgIpc) is 3.00. The van der Waals surface area contributed by atoms with Gasteiger partial charge < -0.3 is 29.9 Å². The number of nitrogens with one attached hydrogen (secondary N) is 2. The van der Waals surface area contributed by atoms with E-state index in [2.05, 4.69) is 10.6 Å². The van der Waals surface area contributed by atoms with E-state index in [1.165, 1.54) is 38.5 Å². The number of carbonyl (C=O) groups is 4. The molecule has 0 heterocycles. The molecule has 0 bridgehead atoms. The minimum atomic E-state index is -0.450. The normalized spacial score (nSPS) is 21.7. The lowest BCUT2D eigenvalue weighted by Gasteiger charge is -2.29. The van der Waals surface area contributed by atoms with Gasteiger partial charge >= 0.3 is 12.2 Å². The summed E-state index contributed by atoms with van der Waals surface area (Å²) >= 11 is 0. The number of rotatable bonds is 14. The van der Waals surface area contributed by atoms with Gasteiger partial charge in [-0.05, 0) is 68.6 Å². The van der Waals surface area contributed by atoms with Crippen molar-refractivity contribution in [3.63, 3.8) is 0 Å². The predicted octanol–water partition coefficient (Wildman–Crippen LogP) is 5.10. The van der Waals surface area contributed by atoms with E-state index >= 15 is 0 Å². The second-order valence-corrected chi connectivity index (χ2v) is 13.0. The number of alkyl carbamates (subject to hydrolysis) is 2. The van der Waals surface area contributed by atoms with Crippen LogP contribution in [0.1, 0.15) is 103 Å². The molecule has 2 unspecified atom stereocenters. The maximum absolute atomic E-state index is 12.4. The van der Waals surface area contributed by atoms with Crippen molar-refractivity contribution in [2.24, 2.45) is 23.7 Å². The van der Waals surface area contributed by atoms with Crippen LogP contribution in [0.2, 0.25) is 0 Å². The first-order valence-corrected chi connectivity index (χ1v) is 16.6. The summed E-state index contributed by atoms with van der Waals surface area (Å²) in [5.41, 5.74) is 0. The molecule has 3 rings (SSSR count). The Kier molecular flexibility index (Phi) is 15.3. The summed E-state index contributed by atoms with van der Waals surface area (Å²) in [6, 6.07) is 0. The van der Waals surface area contributed by atoms with Crippen molar-refractivity contribution in [3.8, 4) is 0 Å². The Morgan fingerprint density at radius 3 is 1.36 bits per heavy atom. The van der Waals surface area contributed by atoms with Gasteiger partial charge in [0.1, 0.15) is 13.2 Å². The van der Waals surface area contributed by atoms with Gasteiger partial charge in [-0.15, -0.1) is 0 Å². The third kappa shape index (κ3) is 13.2. The van der Waals surface area contributed by atoms with Crippen molar-refractivity contribution < 1.29 is 28.7 Å². The van der Waals surface area contributed by atoms with Gasteiger partial charge in [-0.25, -0.2) is 9.59 Å². The van der Waals surface area contributed by atoms with Crippen LogP contribution in [-0.4, -0.2) is 87.3 Å². The van der Waals surface area contributed by atoms with Gasteiger partial charge in [-0.1, -0.05) is 44.9 Å². The molecule has 0 aliphatic heterocycles. The fourth-order valence-corrected chi connectivity index (χ4v) is 6.72. The number of hydrogen-bond acceptors (Lipinski definition) is 6. The third-order valence-electron chi connectivity index (χ3n) is 9.51. The van der Waals surface area contributed by atoms with Crippen LogP contribution in [-0.2, 0) is 19.1 Å². The number of ether oxygens (including phenoxy) is 2. The molecule has 0 aromatic carbocycles. The summed E-state index contributed by atoms with van der Waals surface area (Å²) in [6.45, 7) is 2.25. The zero-order valence-corrected chi connectivity index (χ0v) is 26.2. The van der Waals surface area contributed by atoms with Crippen molar-refractivity contribution in [2.45, 2.75) is 103 Å². The Balaban J connectivity index is 1.20. The molecular formula is C32H56N4O6. The molecule has 3 fully saturated rings. The number of carbonyl (C=O) groups excluding carboxylic acids is 4. The molecule has 0 radical (unpaired) electrons. The quantitative estimate of drug-likeness (QED) is 0.290. The Hall–Kier alpha value is -2.52. The topological polar surface area (TPSA) is 117 Å². The third-order valence-corrected chi connectivity index (χ3v) is 9.51. The molecule has 10 nitrogen and oxygen atoms in total. The Morgan fingerprint density at radius 1 is 0.571 bits per heavy atom. The fourth-order valence-electron chi connectivity index (χ4n) is 6.72. The molecule has 3 saturated carbocycles. The minimum Gasteiger partial charge on any atom is -0.448 e. The van der Waals surface area contributed by atoms with E-state index in [0.717, 1.165) is 51.4 Å². The van der Waals surface area contributed by atoms with Gasteiger partial charge in [0.15, 0.2) is 0 Å². The second-order valence-electron chi connectivity index (χ2n) is 13.0. The summed E-state index contributed by atoms with van der Waals surface area (Å²) < 4.78 is 10.6. The maximum atomic E-state index is 12.4. The van der Waals surface area contributed by atoms with Crippen LogP contribution >= 0.6 is 0 Å². The zero-order valence-electron chi connectivity index (χ0n) is 26.2. The molecule has 10 heteroatoms. The second kappa shape index (κ2) is 18.9. The predicted molar refractivity (Wildman–Crippen MR) is 162 cm³/mol. The highest BCUT2D eigenvalue weighted by Crippen LogP contribution is 2.29. The number of nitrogens with zero attached hydrogens (tertiary/aromatic N) is 2. The van der Waals surface area contributed by atoms with Gasteiger partial charge in [0.25, 0.3) is 0 Å². The number of amides is 4. The summed E-state index contributed by atoms with van der Waals surface area (Å²) in [4.78, 5) is 52.6. The van der Waals surface area contributed by atoms with Crippen LogP contribution in [0.15, 0.2) is 0 Å². The molecule has 3 aliphatic carbocycles. The van der Waals surface area contributed by atoms with Crippen molar-refractivity contribution >= 4 is 24.0 Å². The zero-order chi connectivity index (χ0) is 30.2. The van der Waals surface area contributed by atoms with Crippen LogP contribution in [0.3, 0.4) is 0 Å². The first-order valence-electron chi connectivity index (χ1n) is 16.6. The van der Waals surface area contributed by atoms with Crippen molar-refractivity contribution in [3.05, 3.63) is 0 Å². The molecule has 4 amide bonds. The van der Waals surface area contributed by atoms with E-state index in [1.54, 1.807) is 23.9 Å². The molecule has 0 aromatic heterocycles. The van der Waals surface area contributed by atoms with Gasteiger partial charge in [-0.3, -0.25) is 9.59 Å². The van der Waals surface area contributed by atoms with E-state index in [1.807, 2.05) is 0 Å². The van der Waals surface area contributed by atoms with E-state index in [-0.39, 0.29) is 25.0 Å². The Bertz CT molecular complexity index is 777. The molecule has 2 N–H and O–H groups in total. The highest BCUT2D eigenvalue weighted by molar-refractivity contribution is 5.76. The molecule has 240 valence electrons. The lowest BCUT2D eigenvalue weighted by atomic mass is 9.81. The smallest absolute Gasteiger partial charge is 0.407 e. The highest BCUT2D eigenvalue weighted by Gasteiger charge is 2.24. The van der Waals surface area contributed by atoms with Gasteiger partial charge in [0.05, 0.1) is 13.1 Å². The van der Waals surface area contributed by atoms with Gasteiger partial charge in [-0.2, -0.15) is 0 Å². The lowest BCUT2D eigenvalue weighted by Crippen LogP contribution is -2.37. The summed E-state index contributed by atoms with van der Waals surface area (Å²) in [7, 11) is 3.55. The molecule has 3 aliphatic rings. The monoisotopic (exact) mass is 592 g/mol. The van der Waals surface area contributed by atoms with Crippen LogP contribution in [0.25, 0.3) is 0 Å². The standard InChI is InChI=1S/C32H56N4O6/c1-35(29(37)21-25-10-5-3-6-11-25)16-18-41-31(39)33-23-27-14-9-15-28(20-27)24-34-32(40)42-19-17-36(2)30(38)22-26-12-7-4-8-13-26/h25-28H,3-24H2,1-2H3,(H,33,39)(H,34,40). The van der Waals surface area contributed by atoms with E-state index in [4.69, 9.17) is 9.47 Å². The molecule has 0 saturated heterocycles. The van der Waals surface area contributed by atoms with Crippen LogP contribution < -0.4 is 10.6 Å².